The number of hydrogen-bond acceptors (Lipinski definition) is 5. The SMILES string of the molecule is CCCCCOC(CCOC=O)N(CCCl)CNCCCl. The van der Waals surface area contributed by atoms with Crippen molar-refractivity contribution >= 4 is 29.7 Å². The van der Waals surface area contributed by atoms with Gasteiger partial charge >= 0.3 is 0 Å². The van der Waals surface area contributed by atoms with Gasteiger partial charge in [0.15, 0.2) is 0 Å². The number of carbonyl (C=O) groups is 1. The second kappa shape index (κ2) is 16.3. The Hall–Kier alpha value is -0.0700. The topological polar surface area (TPSA) is 50.8 Å². The molecule has 0 amide bonds. The van der Waals surface area contributed by atoms with E-state index in [-0.39, 0.29) is 6.23 Å². The molecule has 21 heavy (non-hydrogen) atoms. The molecule has 126 valence electrons. The third-order valence-corrected chi connectivity index (χ3v) is 3.33. The van der Waals surface area contributed by atoms with Crippen molar-refractivity contribution in [2.24, 2.45) is 0 Å². The number of carbonyl (C=O) groups excluding carboxylic acids is 1. The van der Waals surface area contributed by atoms with Crippen LogP contribution in [0.15, 0.2) is 0 Å². The van der Waals surface area contributed by atoms with Crippen molar-refractivity contribution in [1.82, 2.24) is 10.2 Å². The number of unbranched alkanes of at least 4 members (excludes halogenated alkanes) is 2. The minimum atomic E-state index is -0.108. The number of rotatable bonds is 16. The van der Waals surface area contributed by atoms with E-state index in [1.54, 1.807) is 0 Å². The lowest BCUT2D eigenvalue weighted by Gasteiger charge is -2.31. The third kappa shape index (κ3) is 12.2. The van der Waals surface area contributed by atoms with Gasteiger partial charge < -0.3 is 14.8 Å². The fourth-order valence-electron chi connectivity index (χ4n) is 1.88. The molecule has 1 unspecified atom stereocenters. The lowest BCUT2D eigenvalue weighted by molar-refractivity contribution is -0.131. The van der Waals surface area contributed by atoms with Gasteiger partial charge in [-0.1, -0.05) is 19.8 Å². The van der Waals surface area contributed by atoms with Gasteiger partial charge in [0.05, 0.1) is 13.3 Å². The molecule has 0 rings (SSSR count). The van der Waals surface area contributed by atoms with Gasteiger partial charge in [-0.3, -0.25) is 9.69 Å². The Bertz CT molecular complexity index is 236. The number of alkyl halides is 2. The van der Waals surface area contributed by atoms with Crippen molar-refractivity contribution in [2.75, 3.05) is 44.7 Å². The maximum atomic E-state index is 10.3. The Kier molecular flexibility index (Phi) is 16.2. The average molecular weight is 343 g/mol. The maximum Gasteiger partial charge on any atom is 0.293 e. The highest BCUT2D eigenvalue weighted by atomic mass is 35.5. The van der Waals surface area contributed by atoms with Crippen LogP contribution in [-0.2, 0) is 14.3 Å². The predicted molar refractivity (Wildman–Crippen MR) is 86.9 cm³/mol. The summed E-state index contributed by atoms with van der Waals surface area (Å²) in [5.74, 6) is 1.08. The number of ether oxygens (including phenoxy) is 2. The van der Waals surface area contributed by atoms with Crippen molar-refractivity contribution in [3.05, 3.63) is 0 Å². The van der Waals surface area contributed by atoms with Gasteiger partial charge in [-0.05, 0) is 6.42 Å². The standard InChI is InChI=1S/C14H28Cl2N2O3/c1-2-3-4-10-21-14(5-11-20-13-19)18(9-7-16)12-17-8-6-15/h13-14,17H,2-12H2,1H3. The minimum absolute atomic E-state index is 0.108. The van der Waals surface area contributed by atoms with Crippen molar-refractivity contribution in [1.29, 1.82) is 0 Å². The summed E-state index contributed by atoms with van der Waals surface area (Å²) < 4.78 is 10.7. The van der Waals surface area contributed by atoms with Crippen molar-refractivity contribution in [3.63, 3.8) is 0 Å². The fraction of sp³-hybridized carbons (Fsp3) is 0.929. The van der Waals surface area contributed by atoms with E-state index in [4.69, 9.17) is 32.7 Å². The maximum absolute atomic E-state index is 10.3. The molecule has 0 fully saturated rings. The molecule has 1 atom stereocenters. The third-order valence-electron chi connectivity index (χ3n) is 2.97. The van der Waals surface area contributed by atoms with Crippen LogP contribution in [-0.4, -0.2) is 62.3 Å². The van der Waals surface area contributed by atoms with Gasteiger partial charge in [-0.25, -0.2) is 0 Å². The molecule has 0 saturated carbocycles. The van der Waals surface area contributed by atoms with E-state index in [1.807, 2.05) is 0 Å². The first-order valence-corrected chi connectivity index (χ1v) is 8.60. The summed E-state index contributed by atoms with van der Waals surface area (Å²) in [5.41, 5.74) is 0. The lowest BCUT2D eigenvalue weighted by Crippen LogP contribution is -2.45. The number of hydrogen-bond donors (Lipinski definition) is 1. The van der Waals surface area contributed by atoms with Crippen molar-refractivity contribution in [2.45, 2.75) is 38.8 Å². The molecule has 7 heteroatoms. The summed E-state index contributed by atoms with van der Waals surface area (Å²) in [6.45, 7) is 5.75. The molecule has 0 aromatic carbocycles. The minimum Gasteiger partial charge on any atom is -0.468 e. The molecule has 0 heterocycles. The molecule has 0 bridgehead atoms. The van der Waals surface area contributed by atoms with Crippen LogP contribution in [0.5, 0.6) is 0 Å². The molecule has 0 spiro atoms. The van der Waals surface area contributed by atoms with Crippen LogP contribution in [0, 0.1) is 0 Å². The molecule has 0 aromatic rings. The highest BCUT2D eigenvalue weighted by molar-refractivity contribution is 6.18. The van der Waals surface area contributed by atoms with E-state index in [0.717, 1.165) is 25.8 Å². The van der Waals surface area contributed by atoms with Crippen LogP contribution in [0.1, 0.15) is 32.6 Å². The van der Waals surface area contributed by atoms with Gasteiger partial charge in [0.1, 0.15) is 6.23 Å². The zero-order valence-electron chi connectivity index (χ0n) is 12.9. The van der Waals surface area contributed by atoms with Crippen LogP contribution in [0.2, 0.25) is 0 Å². The first kappa shape index (κ1) is 20.9. The monoisotopic (exact) mass is 342 g/mol. The van der Waals surface area contributed by atoms with Crippen molar-refractivity contribution < 1.29 is 14.3 Å². The average Bonchev–Trinajstić information content (AvgIpc) is 2.49. The molecule has 0 aliphatic rings. The van der Waals surface area contributed by atoms with Crippen LogP contribution in [0.3, 0.4) is 0 Å². The summed E-state index contributed by atoms with van der Waals surface area (Å²) in [6.07, 6.45) is 3.86. The lowest BCUT2D eigenvalue weighted by atomic mass is 10.2. The summed E-state index contributed by atoms with van der Waals surface area (Å²) in [5, 5.41) is 3.24. The first-order chi connectivity index (χ1) is 10.3. The van der Waals surface area contributed by atoms with Gasteiger partial charge in [-0.2, -0.15) is 0 Å². The summed E-state index contributed by atoms with van der Waals surface area (Å²) in [7, 11) is 0. The van der Waals surface area contributed by atoms with Gasteiger partial charge in [0.2, 0.25) is 0 Å². The predicted octanol–water partition coefficient (Wildman–Crippen LogP) is 2.41. The Morgan fingerprint density at radius 3 is 2.67 bits per heavy atom. The fourth-order valence-corrected chi connectivity index (χ4v) is 2.23. The van der Waals surface area contributed by atoms with Crippen molar-refractivity contribution in [3.8, 4) is 0 Å². The molecule has 0 aliphatic heterocycles. The summed E-state index contributed by atoms with van der Waals surface area (Å²) in [4.78, 5) is 12.4. The Labute approximate surface area is 138 Å². The highest BCUT2D eigenvalue weighted by Gasteiger charge is 2.18. The largest absolute Gasteiger partial charge is 0.468 e. The Morgan fingerprint density at radius 1 is 1.24 bits per heavy atom. The van der Waals surface area contributed by atoms with Crippen LogP contribution >= 0.6 is 23.2 Å². The Morgan fingerprint density at radius 2 is 2.05 bits per heavy atom. The van der Waals surface area contributed by atoms with E-state index in [9.17, 15) is 4.79 Å². The molecule has 5 nitrogen and oxygen atoms in total. The zero-order valence-corrected chi connectivity index (χ0v) is 14.4. The van der Waals surface area contributed by atoms with Gasteiger partial charge in [0, 0.05) is 37.9 Å². The van der Waals surface area contributed by atoms with E-state index in [0.29, 0.717) is 51.1 Å². The molecule has 0 aliphatic carbocycles. The van der Waals surface area contributed by atoms with E-state index < -0.39 is 0 Å². The second-order valence-electron chi connectivity index (χ2n) is 4.64. The van der Waals surface area contributed by atoms with Crippen LogP contribution in [0.4, 0.5) is 0 Å². The van der Waals surface area contributed by atoms with Gasteiger partial charge in [-0.15, -0.1) is 23.2 Å². The first-order valence-electron chi connectivity index (χ1n) is 7.53. The van der Waals surface area contributed by atoms with E-state index in [2.05, 4.69) is 17.1 Å². The van der Waals surface area contributed by atoms with Crippen LogP contribution in [0.25, 0.3) is 0 Å². The molecular weight excluding hydrogens is 315 g/mol. The van der Waals surface area contributed by atoms with E-state index >= 15 is 0 Å². The smallest absolute Gasteiger partial charge is 0.293 e. The van der Waals surface area contributed by atoms with Gasteiger partial charge in [0.25, 0.3) is 6.47 Å². The quantitative estimate of drug-likeness (QED) is 0.202. The van der Waals surface area contributed by atoms with E-state index in [1.165, 1.54) is 0 Å². The molecule has 0 saturated heterocycles. The summed E-state index contributed by atoms with van der Waals surface area (Å²) in [6, 6.07) is 0. The molecular formula is C14H28Cl2N2O3. The second-order valence-corrected chi connectivity index (χ2v) is 5.39. The number of nitrogens with one attached hydrogen (secondary N) is 1. The number of nitrogens with zero attached hydrogens (tertiary/aromatic N) is 1. The normalized spacial score (nSPS) is 12.6. The molecule has 0 radical (unpaired) electrons. The summed E-state index contributed by atoms with van der Waals surface area (Å²) >= 11 is 11.5. The Balaban J connectivity index is 4.31. The molecule has 0 aromatic heterocycles. The molecule has 1 N–H and O–H groups in total. The zero-order chi connectivity index (χ0) is 15.8. The number of halogens is 2. The highest BCUT2D eigenvalue weighted by Crippen LogP contribution is 2.08. The van der Waals surface area contributed by atoms with Crippen LogP contribution < -0.4 is 5.32 Å².